The number of ether oxygens (including phenoxy) is 1. The summed E-state index contributed by atoms with van der Waals surface area (Å²) >= 11 is 5.98. The molecule has 0 saturated carbocycles. The molecule has 2 amide bonds. The zero-order valence-electron chi connectivity index (χ0n) is 27.9. The summed E-state index contributed by atoms with van der Waals surface area (Å²) in [5.74, 6) is -2.07. The van der Waals surface area contributed by atoms with Crippen LogP contribution >= 0.6 is 11.6 Å². The first kappa shape index (κ1) is 33.7. The quantitative estimate of drug-likeness (QED) is 0.234. The van der Waals surface area contributed by atoms with Crippen molar-refractivity contribution in [3.05, 3.63) is 100 Å². The van der Waals surface area contributed by atoms with Crippen LogP contribution in [-0.4, -0.2) is 87.9 Å². The standard InChI is InChI=1S/C37H39ClFN7O4/c1-2-50-37(49)24-11-13-25(14-12-24)40-35(47)34-28-7-5-9-31(44-20-15-26(16-21-44)43-18-3-4-19-43)27(28)17-22-45(34)36(48)30-23-46(42-41-30)32-10-6-8-29(38)33(32)39/h5-14,23,26,34H,2-4,15-22H2,1H3,(H,40,47). The zero-order valence-corrected chi connectivity index (χ0v) is 28.6. The molecule has 2 saturated heterocycles. The molecule has 50 heavy (non-hydrogen) atoms. The summed E-state index contributed by atoms with van der Waals surface area (Å²) in [4.78, 5) is 47.1. The monoisotopic (exact) mass is 699 g/mol. The molecule has 0 spiro atoms. The predicted molar refractivity (Wildman–Crippen MR) is 187 cm³/mol. The van der Waals surface area contributed by atoms with Gasteiger partial charge in [-0.25, -0.2) is 13.9 Å². The van der Waals surface area contributed by atoms with E-state index >= 15 is 0 Å². The number of nitrogens with zero attached hydrogens (tertiary/aromatic N) is 6. The molecule has 13 heteroatoms. The van der Waals surface area contributed by atoms with Gasteiger partial charge in [0.05, 0.1) is 23.4 Å². The number of rotatable bonds is 8. The molecular weight excluding hydrogens is 661 g/mol. The molecular formula is C37H39ClFN7O4. The fourth-order valence-electron chi connectivity index (χ4n) is 7.44. The molecule has 3 aliphatic rings. The molecule has 1 aromatic heterocycles. The highest BCUT2D eigenvalue weighted by molar-refractivity contribution is 6.30. The lowest BCUT2D eigenvalue weighted by Crippen LogP contribution is -2.47. The Hall–Kier alpha value is -4.81. The number of esters is 1. The second-order valence-electron chi connectivity index (χ2n) is 12.9. The number of nitrogens with one attached hydrogen (secondary N) is 1. The van der Waals surface area contributed by atoms with Crippen LogP contribution in [0.3, 0.4) is 0 Å². The molecule has 0 radical (unpaired) electrons. The number of fused-ring (bicyclic) bond motifs is 1. The second-order valence-corrected chi connectivity index (χ2v) is 13.3. The second kappa shape index (κ2) is 14.6. The van der Waals surface area contributed by atoms with E-state index in [0.29, 0.717) is 23.7 Å². The van der Waals surface area contributed by atoms with E-state index in [0.717, 1.165) is 47.4 Å². The van der Waals surface area contributed by atoms with E-state index < -0.39 is 29.6 Å². The summed E-state index contributed by atoms with van der Waals surface area (Å²) in [5.41, 5.74) is 3.70. The molecule has 7 rings (SSSR count). The molecule has 1 atom stereocenters. The number of amides is 2. The molecule has 1 unspecified atom stereocenters. The van der Waals surface area contributed by atoms with Gasteiger partial charge in [0.1, 0.15) is 11.7 Å². The highest BCUT2D eigenvalue weighted by Gasteiger charge is 2.39. The lowest BCUT2D eigenvalue weighted by atomic mass is 9.89. The van der Waals surface area contributed by atoms with Crippen molar-refractivity contribution >= 4 is 40.8 Å². The van der Waals surface area contributed by atoms with Gasteiger partial charge in [0.15, 0.2) is 11.5 Å². The first-order chi connectivity index (χ1) is 24.3. The van der Waals surface area contributed by atoms with Crippen LogP contribution in [-0.2, 0) is 16.0 Å². The van der Waals surface area contributed by atoms with E-state index in [9.17, 15) is 18.8 Å². The van der Waals surface area contributed by atoms with Gasteiger partial charge < -0.3 is 24.8 Å². The largest absolute Gasteiger partial charge is 0.462 e. The third-order valence-electron chi connectivity index (χ3n) is 9.92. The highest BCUT2D eigenvalue weighted by Crippen LogP contribution is 2.38. The minimum atomic E-state index is -0.994. The molecule has 0 bridgehead atoms. The van der Waals surface area contributed by atoms with Crippen molar-refractivity contribution in [2.75, 3.05) is 49.5 Å². The number of halogens is 2. The van der Waals surface area contributed by atoms with Crippen LogP contribution in [0.1, 0.15) is 70.6 Å². The molecule has 1 N–H and O–H groups in total. The van der Waals surface area contributed by atoms with Crippen molar-refractivity contribution in [1.82, 2.24) is 24.8 Å². The number of benzene rings is 3. The molecule has 3 aromatic carbocycles. The van der Waals surface area contributed by atoms with Gasteiger partial charge in [-0.05, 0) is 106 Å². The number of piperidine rings is 1. The lowest BCUT2D eigenvalue weighted by Gasteiger charge is -2.41. The highest BCUT2D eigenvalue weighted by atomic mass is 35.5. The van der Waals surface area contributed by atoms with E-state index in [1.165, 1.54) is 49.2 Å². The molecule has 2 fully saturated rings. The average Bonchev–Trinajstić information content (AvgIpc) is 3.86. The van der Waals surface area contributed by atoms with Gasteiger partial charge in [0, 0.05) is 37.1 Å². The Morgan fingerprint density at radius 2 is 1.66 bits per heavy atom. The molecule has 0 aliphatic carbocycles. The minimum absolute atomic E-state index is 0.0374. The number of likely N-dealkylation sites (tertiary alicyclic amines) is 1. The number of carbonyl (C=O) groups is 3. The van der Waals surface area contributed by atoms with Gasteiger partial charge in [-0.15, -0.1) is 5.10 Å². The lowest BCUT2D eigenvalue weighted by molar-refractivity contribution is -0.121. The summed E-state index contributed by atoms with van der Waals surface area (Å²) in [7, 11) is 0. The van der Waals surface area contributed by atoms with E-state index in [1.807, 2.05) is 12.1 Å². The minimum Gasteiger partial charge on any atom is -0.462 e. The molecule has 3 aliphatic heterocycles. The summed E-state index contributed by atoms with van der Waals surface area (Å²) < 4.78 is 21.0. The Labute approximate surface area is 294 Å². The number of hydrogen-bond donors (Lipinski definition) is 1. The van der Waals surface area contributed by atoms with Crippen LogP contribution in [0.25, 0.3) is 5.69 Å². The van der Waals surface area contributed by atoms with Crippen LogP contribution in [0.15, 0.2) is 66.9 Å². The maximum Gasteiger partial charge on any atom is 0.338 e. The maximum atomic E-state index is 14.8. The van der Waals surface area contributed by atoms with Gasteiger partial charge >= 0.3 is 5.97 Å². The normalized spacial score (nSPS) is 18.2. The summed E-state index contributed by atoms with van der Waals surface area (Å²) in [5, 5.41) is 10.9. The van der Waals surface area contributed by atoms with Crippen LogP contribution in [0, 0.1) is 5.82 Å². The Balaban J connectivity index is 1.18. The van der Waals surface area contributed by atoms with Crippen molar-refractivity contribution in [3.8, 4) is 5.69 Å². The average molecular weight is 700 g/mol. The molecule has 4 heterocycles. The number of anilines is 2. The van der Waals surface area contributed by atoms with E-state index in [2.05, 4.69) is 31.5 Å². The van der Waals surface area contributed by atoms with E-state index in [4.69, 9.17) is 16.3 Å². The van der Waals surface area contributed by atoms with Crippen molar-refractivity contribution in [1.29, 1.82) is 0 Å². The maximum absolute atomic E-state index is 14.8. The SMILES string of the molecule is CCOC(=O)c1ccc(NC(=O)C2c3cccc(N4CCC(N5CCCC5)CC4)c3CCN2C(=O)c2cn(-c3cccc(Cl)c3F)nn2)cc1. The Morgan fingerprint density at radius 3 is 2.40 bits per heavy atom. The van der Waals surface area contributed by atoms with Crippen molar-refractivity contribution in [2.24, 2.45) is 0 Å². The summed E-state index contributed by atoms with van der Waals surface area (Å²) in [6, 6.07) is 16.5. The van der Waals surface area contributed by atoms with Crippen molar-refractivity contribution in [3.63, 3.8) is 0 Å². The van der Waals surface area contributed by atoms with Crippen LogP contribution < -0.4 is 10.2 Å². The smallest absolute Gasteiger partial charge is 0.338 e. The van der Waals surface area contributed by atoms with Crippen molar-refractivity contribution in [2.45, 2.75) is 51.1 Å². The number of aromatic nitrogens is 3. The van der Waals surface area contributed by atoms with E-state index in [-0.39, 0.29) is 29.6 Å². The fourth-order valence-corrected chi connectivity index (χ4v) is 7.61. The topological polar surface area (TPSA) is 113 Å². The van der Waals surface area contributed by atoms with Crippen LogP contribution in [0.2, 0.25) is 5.02 Å². The number of carbonyl (C=O) groups excluding carboxylic acids is 3. The Morgan fingerprint density at radius 1 is 0.940 bits per heavy atom. The number of hydrogen-bond acceptors (Lipinski definition) is 8. The third-order valence-corrected chi connectivity index (χ3v) is 10.2. The molecule has 11 nitrogen and oxygen atoms in total. The summed E-state index contributed by atoms with van der Waals surface area (Å²) in [6.45, 7) is 6.45. The van der Waals surface area contributed by atoms with Gasteiger partial charge in [-0.1, -0.05) is 35.0 Å². The van der Waals surface area contributed by atoms with Crippen LogP contribution in [0.4, 0.5) is 15.8 Å². The van der Waals surface area contributed by atoms with Gasteiger partial charge in [0.2, 0.25) is 0 Å². The van der Waals surface area contributed by atoms with Crippen LogP contribution in [0.5, 0.6) is 0 Å². The summed E-state index contributed by atoms with van der Waals surface area (Å²) in [6.07, 6.45) is 6.60. The molecule has 4 aromatic rings. The Kier molecular flexibility index (Phi) is 9.82. The third kappa shape index (κ3) is 6.69. The van der Waals surface area contributed by atoms with E-state index in [1.54, 1.807) is 37.3 Å². The van der Waals surface area contributed by atoms with Gasteiger partial charge in [0.25, 0.3) is 11.8 Å². The van der Waals surface area contributed by atoms with Crippen molar-refractivity contribution < 1.29 is 23.5 Å². The fraction of sp³-hybridized carbons (Fsp3) is 0.378. The predicted octanol–water partition coefficient (Wildman–Crippen LogP) is 5.68. The van der Waals surface area contributed by atoms with Gasteiger partial charge in [-0.2, -0.15) is 0 Å². The Bertz CT molecular complexity index is 1890. The first-order valence-corrected chi connectivity index (χ1v) is 17.6. The molecule has 260 valence electrons. The first-order valence-electron chi connectivity index (χ1n) is 17.2. The zero-order chi connectivity index (χ0) is 34.8. The van der Waals surface area contributed by atoms with Gasteiger partial charge in [-0.3, -0.25) is 9.59 Å².